The number of primary amides is 1. The third kappa shape index (κ3) is 3.57. The number of amides is 2. The minimum absolute atomic E-state index is 0.0749. The highest BCUT2D eigenvalue weighted by Crippen LogP contribution is 2.22. The minimum atomic E-state index is -0.533. The smallest absolute Gasteiger partial charge is 0.250 e. The monoisotopic (exact) mass is 329 g/mol. The fraction of sp³-hybridized carbons (Fsp3) is 0.294. The number of nitrogens with one attached hydrogen (secondary N) is 1. The van der Waals surface area contributed by atoms with Gasteiger partial charge in [-0.2, -0.15) is 0 Å². The molecule has 1 fully saturated rings. The lowest BCUT2D eigenvalue weighted by Gasteiger charge is -2.32. The van der Waals surface area contributed by atoms with Crippen molar-refractivity contribution in [1.82, 2.24) is 4.90 Å². The average Bonchev–Trinajstić information content (AvgIpc) is 3.14. The molecule has 1 aliphatic rings. The maximum absolute atomic E-state index is 12.4. The molecule has 0 radical (unpaired) electrons. The molecule has 1 atom stereocenters. The van der Waals surface area contributed by atoms with Crippen molar-refractivity contribution in [2.45, 2.75) is 6.10 Å². The van der Waals surface area contributed by atoms with E-state index in [4.69, 9.17) is 14.9 Å². The van der Waals surface area contributed by atoms with Gasteiger partial charge in [0.15, 0.2) is 0 Å². The highest BCUT2D eigenvalue weighted by Gasteiger charge is 2.26. The van der Waals surface area contributed by atoms with Gasteiger partial charge in [0.1, 0.15) is 11.9 Å². The first-order valence-electron chi connectivity index (χ1n) is 7.70. The number of rotatable bonds is 5. The van der Waals surface area contributed by atoms with Crippen LogP contribution in [0.1, 0.15) is 22.2 Å². The molecule has 0 bridgehead atoms. The van der Waals surface area contributed by atoms with Gasteiger partial charge in [-0.15, -0.1) is 0 Å². The van der Waals surface area contributed by atoms with Crippen molar-refractivity contribution >= 4 is 17.5 Å². The Bertz CT molecular complexity index is 714. The number of hydrogen-bond donors (Lipinski definition) is 2. The zero-order valence-corrected chi connectivity index (χ0v) is 13.1. The highest BCUT2D eigenvalue weighted by molar-refractivity contribution is 5.99. The molecule has 1 aromatic carbocycles. The van der Waals surface area contributed by atoms with Crippen LogP contribution in [0.25, 0.3) is 0 Å². The summed E-state index contributed by atoms with van der Waals surface area (Å²) in [5.74, 6) is 0.100. The van der Waals surface area contributed by atoms with E-state index in [1.165, 1.54) is 0 Å². The average molecular weight is 329 g/mol. The second kappa shape index (κ2) is 7.18. The molecule has 126 valence electrons. The van der Waals surface area contributed by atoms with Gasteiger partial charge in [0, 0.05) is 12.2 Å². The maximum Gasteiger partial charge on any atom is 0.250 e. The highest BCUT2D eigenvalue weighted by atomic mass is 16.5. The van der Waals surface area contributed by atoms with Crippen LogP contribution in [0.2, 0.25) is 0 Å². The number of nitrogens with zero attached hydrogens (tertiary/aromatic N) is 1. The van der Waals surface area contributed by atoms with Crippen LogP contribution < -0.4 is 11.1 Å². The Morgan fingerprint density at radius 3 is 2.83 bits per heavy atom. The molecule has 7 nitrogen and oxygen atoms in total. The lowest BCUT2D eigenvalue weighted by atomic mass is 10.1. The number of nitrogens with two attached hydrogens (primary N) is 1. The Morgan fingerprint density at radius 1 is 1.25 bits per heavy atom. The standard InChI is InChI=1S/C17H19N3O4/c18-17(22)12-4-1-2-5-13(12)19-10-16(21)20-7-9-24-15(11-20)14-6-3-8-23-14/h1-6,8,15,19H,7,9-11H2,(H2,18,22)/t15-/m0/s1. The number of furan rings is 1. The van der Waals surface area contributed by atoms with Crippen molar-refractivity contribution in [3.8, 4) is 0 Å². The molecule has 0 aliphatic carbocycles. The number of benzene rings is 1. The summed E-state index contributed by atoms with van der Waals surface area (Å²) in [4.78, 5) is 25.6. The van der Waals surface area contributed by atoms with E-state index in [0.717, 1.165) is 0 Å². The molecule has 0 unspecified atom stereocenters. The van der Waals surface area contributed by atoms with Crippen LogP contribution >= 0.6 is 0 Å². The summed E-state index contributed by atoms with van der Waals surface area (Å²) in [6.45, 7) is 1.49. The van der Waals surface area contributed by atoms with Gasteiger partial charge < -0.3 is 25.1 Å². The predicted molar refractivity (Wildman–Crippen MR) is 87.4 cm³/mol. The fourth-order valence-corrected chi connectivity index (χ4v) is 2.66. The molecule has 0 spiro atoms. The summed E-state index contributed by atoms with van der Waals surface area (Å²) in [6.07, 6.45) is 1.33. The third-order valence-corrected chi connectivity index (χ3v) is 3.90. The quantitative estimate of drug-likeness (QED) is 0.864. The van der Waals surface area contributed by atoms with E-state index in [0.29, 0.717) is 36.7 Å². The van der Waals surface area contributed by atoms with Gasteiger partial charge in [-0.3, -0.25) is 9.59 Å². The number of carbonyl (C=O) groups excluding carboxylic acids is 2. The summed E-state index contributed by atoms with van der Waals surface area (Å²) in [6, 6.07) is 10.5. The molecule has 2 aromatic rings. The topological polar surface area (TPSA) is 97.8 Å². The zero-order valence-electron chi connectivity index (χ0n) is 13.1. The van der Waals surface area contributed by atoms with Crippen LogP contribution in [0, 0.1) is 0 Å². The van der Waals surface area contributed by atoms with E-state index in [2.05, 4.69) is 5.32 Å². The molecule has 2 amide bonds. The van der Waals surface area contributed by atoms with Crippen LogP contribution in [0.4, 0.5) is 5.69 Å². The van der Waals surface area contributed by atoms with Gasteiger partial charge in [-0.25, -0.2) is 0 Å². The molecular weight excluding hydrogens is 310 g/mol. The molecule has 0 saturated carbocycles. The maximum atomic E-state index is 12.4. The summed E-state index contributed by atoms with van der Waals surface area (Å²) < 4.78 is 11.0. The zero-order chi connectivity index (χ0) is 16.9. The Hall–Kier alpha value is -2.80. The van der Waals surface area contributed by atoms with Crippen molar-refractivity contribution in [2.24, 2.45) is 5.73 Å². The SMILES string of the molecule is NC(=O)c1ccccc1NCC(=O)N1CCO[C@H](c2ccco2)C1. The first kappa shape index (κ1) is 16.1. The van der Waals surface area contributed by atoms with Gasteiger partial charge in [0.2, 0.25) is 5.91 Å². The van der Waals surface area contributed by atoms with Crippen molar-refractivity contribution in [3.63, 3.8) is 0 Å². The minimum Gasteiger partial charge on any atom is -0.467 e. The molecular formula is C17H19N3O4. The van der Waals surface area contributed by atoms with Gasteiger partial charge >= 0.3 is 0 Å². The van der Waals surface area contributed by atoms with Crippen LogP contribution in [0.15, 0.2) is 47.1 Å². The second-order valence-corrected chi connectivity index (χ2v) is 5.48. The van der Waals surface area contributed by atoms with Gasteiger partial charge in [0.25, 0.3) is 5.91 Å². The largest absolute Gasteiger partial charge is 0.467 e. The number of morpholine rings is 1. The number of carbonyl (C=O) groups is 2. The third-order valence-electron chi connectivity index (χ3n) is 3.90. The van der Waals surface area contributed by atoms with Gasteiger partial charge in [-0.05, 0) is 24.3 Å². The first-order valence-corrected chi connectivity index (χ1v) is 7.70. The molecule has 3 N–H and O–H groups in total. The summed E-state index contributed by atoms with van der Waals surface area (Å²) in [5.41, 5.74) is 6.25. The summed E-state index contributed by atoms with van der Waals surface area (Å²) in [7, 11) is 0. The molecule has 1 aliphatic heterocycles. The van der Waals surface area contributed by atoms with Gasteiger partial charge in [0.05, 0.1) is 31.5 Å². The van der Waals surface area contributed by atoms with Crippen LogP contribution in [-0.4, -0.2) is 43.0 Å². The predicted octanol–water partition coefficient (Wildman–Crippen LogP) is 1.39. The lowest BCUT2D eigenvalue weighted by Crippen LogP contribution is -2.44. The van der Waals surface area contributed by atoms with Gasteiger partial charge in [-0.1, -0.05) is 12.1 Å². The Labute approximate surface area is 139 Å². The van der Waals surface area contributed by atoms with Crippen molar-refractivity contribution < 1.29 is 18.7 Å². The number of hydrogen-bond acceptors (Lipinski definition) is 5. The van der Waals surface area contributed by atoms with E-state index in [9.17, 15) is 9.59 Å². The molecule has 1 aromatic heterocycles. The van der Waals surface area contributed by atoms with E-state index in [1.807, 2.05) is 6.07 Å². The van der Waals surface area contributed by atoms with Crippen molar-refractivity contribution in [3.05, 3.63) is 54.0 Å². The number of para-hydroxylation sites is 1. The molecule has 24 heavy (non-hydrogen) atoms. The van der Waals surface area contributed by atoms with E-state index < -0.39 is 5.91 Å². The lowest BCUT2D eigenvalue weighted by molar-refractivity contribution is -0.137. The number of anilines is 1. The second-order valence-electron chi connectivity index (χ2n) is 5.48. The first-order chi connectivity index (χ1) is 11.6. The Balaban J connectivity index is 1.60. The molecule has 1 saturated heterocycles. The summed E-state index contributed by atoms with van der Waals surface area (Å²) >= 11 is 0. The van der Waals surface area contributed by atoms with E-state index in [1.54, 1.807) is 41.5 Å². The Morgan fingerprint density at radius 2 is 2.08 bits per heavy atom. The Kier molecular flexibility index (Phi) is 4.81. The normalized spacial score (nSPS) is 17.5. The van der Waals surface area contributed by atoms with Crippen molar-refractivity contribution in [2.75, 3.05) is 31.6 Å². The summed E-state index contributed by atoms with van der Waals surface area (Å²) in [5, 5.41) is 2.98. The molecule has 7 heteroatoms. The van der Waals surface area contributed by atoms with E-state index >= 15 is 0 Å². The van der Waals surface area contributed by atoms with Crippen molar-refractivity contribution in [1.29, 1.82) is 0 Å². The van der Waals surface area contributed by atoms with Crippen LogP contribution in [0.5, 0.6) is 0 Å². The fourth-order valence-electron chi connectivity index (χ4n) is 2.66. The molecule has 2 heterocycles. The van der Waals surface area contributed by atoms with Crippen LogP contribution in [0.3, 0.4) is 0 Å². The molecule has 3 rings (SSSR count). The number of ether oxygens (including phenoxy) is 1. The van der Waals surface area contributed by atoms with Crippen LogP contribution in [-0.2, 0) is 9.53 Å². The van der Waals surface area contributed by atoms with E-state index in [-0.39, 0.29) is 18.6 Å².